The van der Waals surface area contributed by atoms with Gasteiger partial charge in [-0.2, -0.15) is 0 Å². The van der Waals surface area contributed by atoms with Gasteiger partial charge >= 0.3 is 12.2 Å². The van der Waals surface area contributed by atoms with Crippen molar-refractivity contribution in [1.82, 2.24) is 0 Å². The molecule has 3 rings (SSSR count). The van der Waals surface area contributed by atoms with Gasteiger partial charge in [0.1, 0.15) is 12.2 Å². The molecule has 1 aliphatic heterocycles. The molecule has 0 spiro atoms. The lowest BCUT2D eigenvalue weighted by molar-refractivity contribution is 0.0581. The second kappa shape index (κ2) is 8.53. The van der Waals surface area contributed by atoms with Crippen molar-refractivity contribution >= 4 is 23.6 Å². The van der Waals surface area contributed by atoms with Crippen LogP contribution in [0.1, 0.15) is 37.8 Å². The molecule has 29 heavy (non-hydrogen) atoms. The van der Waals surface area contributed by atoms with Crippen molar-refractivity contribution in [3.05, 3.63) is 59.7 Å². The average molecular weight is 398 g/mol. The number of aliphatic hydroxyl groups is 1. The quantitative estimate of drug-likeness (QED) is 0.803. The van der Waals surface area contributed by atoms with Gasteiger partial charge in [-0.15, -0.1) is 0 Å². The van der Waals surface area contributed by atoms with Crippen LogP contribution < -0.4 is 10.2 Å². The first-order chi connectivity index (χ1) is 13.8. The third kappa shape index (κ3) is 5.26. The van der Waals surface area contributed by atoms with E-state index in [9.17, 15) is 14.7 Å². The molecular weight excluding hydrogens is 372 g/mol. The number of nitrogens with zero attached hydrogens (tertiary/aromatic N) is 1. The number of hydrogen-bond donors (Lipinski definition) is 2. The summed E-state index contributed by atoms with van der Waals surface area (Å²) in [4.78, 5) is 26.2. The first kappa shape index (κ1) is 20.7. The highest BCUT2D eigenvalue weighted by atomic mass is 16.6. The highest BCUT2D eigenvalue weighted by molar-refractivity contribution is 5.93. The fourth-order valence-corrected chi connectivity index (χ4v) is 3.14. The summed E-state index contributed by atoms with van der Waals surface area (Å²) in [5, 5.41) is 12.3. The summed E-state index contributed by atoms with van der Waals surface area (Å²) in [6.07, 6.45) is -1.08. The lowest BCUT2D eigenvalue weighted by Gasteiger charge is -2.25. The first-order valence-electron chi connectivity index (χ1n) is 9.50. The van der Waals surface area contributed by atoms with Gasteiger partial charge in [-0.1, -0.05) is 36.4 Å². The molecule has 2 amide bonds. The largest absolute Gasteiger partial charge is 0.444 e. The Morgan fingerprint density at radius 3 is 2.55 bits per heavy atom. The van der Waals surface area contributed by atoms with E-state index in [1.165, 1.54) is 4.90 Å². The van der Waals surface area contributed by atoms with E-state index in [-0.39, 0.29) is 19.1 Å². The number of benzene rings is 2. The van der Waals surface area contributed by atoms with Gasteiger partial charge in [-0.05, 0) is 44.0 Å². The van der Waals surface area contributed by atoms with Crippen molar-refractivity contribution in [2.75, 3.05) is 23.4 Å². The molecule has 0 saturated carbocycles. The Morgan fingerprint density at radius 2 is 1.90 bits per heavy atom. The maximum absolute atomic E-state index is 12.6. The van der Waals surface area contributed by atoms with E-state index in [1.54, 1.807) is 39.0 Å². The third-order valence-electron chi connectivity index (χ3n) is 4.46. The number of nitrogens with one attached hydrogen (secondary N) is 1. The van der Waals surface area contributed by atoms with Crippen LogP contribution in [0.3, 0.4) is 0 Å². The average Bonchev–Trinajstić information content (AvgIpc) is 3.04. The van der Waals surface area contributed by atoms with Crippen molar-refractivity contribution in [3.63, 3.8) is 0 Å². The summed E-state index contributed by atoms with van der Waals surface area (Å²) in [7, 11) is 0. The van der Waals surface area contributed by atoms with Crippen LogP contribution in [0.25, 0.3) is 0 Å². The van der Waals surface area contributed by atoms with Crippen molar-refractivity contribution in [2.24, 2.45) is 0 Å². The van der Waals surface area contributed by atoms with Gasteiger partial charge in [0.05, 0.1) is 12.3 Å². The molecule has 1 atom stereocenters. The predicted molar refractivity (Wildman–Crippen MR) is 110 cm³/mol. The molecule has 1 heterocycles. The fourth-order valence-electron chi connectivity index (χ4n) is 3.14. The zero-order valence-electron chi connectivity index (χ0n) is 16.8. The Kier molecular flexibility index (Phi) is 6.08. The van der Waals surface area contributed by atoms with Gasteiger partial charge < -0.3 is 14.6 Å². The van der Waals surface area contributed by atoms with Crippen molar-refractivity contribution in [3.8, 4) is 0 Å². The Labute approximate surface area is 170 Å². The Hall–Kier alpha value is -3.06. The topological polar surface area (TPSA) is 88.1 Å². The van der Waals surface area contributed by atoms with Crippen LogP contribution in [0.4, 0.5) is 21.0 Å². The monoisotopic (exact) mass is 398 g/mol. The maximum Gasteiger partial charge on any atom is 0.414 e. The van der Waals surface area contributed by atoms with Gasteiger partial charge in [-0.25, -0.2) is 9.59 Å². The van der Waals surface area contributed by atoms with Crippen molar-refractivity contribution in [1.29, 1.82) is 0 Å². The van der Waals surface area contributed by atoms with E-state index >= 15 is 0 Å². The molecule has 1 unspecified atom stereocenters. The molecule has 7 heteroatoms. The third-order valence-corrected chi connectivity index (χ3v) is 4.46. The van der Waals surface area contributed by atoms with E-state index in [1.807, 2.05) is 30.3 Å². The smallest absolute Gasteiger partial charge is 0.414 e. The molecular formula is C22H26N2O5. The van der Waals surface area contributed by atoms with Gasteiger partial charge in [0.25, 0.3) is 0 Å². The molecule has 2 N–H and O–H groups in total. The fraction of sp³-hybridized carbons (Fsp3) is 0.364. The second-order valence-electron chi connectivity index (χ2n) is 7.93. The Bertz CT molecular complexity index is 877. The maximum atomic E-state index is 12.6. The minimum absolute atomic E-state index is 0.0851. The summed E-state index contributed by atoms with van der Waals surface area (Å²) in [5.41, 5.74) is 2.19. The standard InChI is InChI=1S/C22H26N2O5/c1-22(2,3)29-21(27)24-12-16(13-25)18-10-9-17(11-19(18)24)23-20(26)28-14-15-7-5-4-6-8-15/h4-11,16,25H,12-14H2,1-3H3,(H,23,26). The molecule has 2 aromatic rings. The zero-order valence-corrected chi connectivity index (χ0v) is 16.8. The number of aliphatic hydroxyl groups excluding tert-OH is 1. The number of carbonyl (C=O) groups excluding carboxylic acids is 2. The molecule has 1 aliphatic rings. The summed E-state index contributed by atoms with van der Waals surface area (Å²) >= 11 is 0. The highest BCUT2D eigenvalue weighted by Gasteiger charge is 2.34. The number of hydrogen-bond acceptors (Lipinski definition) is 5. The molecule has 154 valence electrons. The molecule has 0 aliphatic carbocycles. The van der Waals surface area contributed by atoms with Crippen LogP contribution in [0, 0.1) is 0 Å². The second-order valence-corrected chi connectivity index (χ2v) is 7.93. The van der Waals surface area contributed by atoms with Gasteiger partial charge in [0, 0.05) is 18.2 Å². The number of rotatable bonds is 4. The molecule has 7 nitrogen and oxygen atoms in total. The normalized spacial score (nSPS) is 15.6. The predicted octanol–water partition coefficient (Wildman–Crippen LogP) is 4.27. The van der Waals surface area contributed by atoms with E-state index in [0.717, 1.165) is 11.1 Å². The summed E-state index contributed by atoms with van der Waals surface area (Å²) in [6, 6.07) is 14.6. The summed E-state index contributed by atoms with van der Waals surface area (Å²) in [5.74, 6) is -0.198. The molecule has 0 fully saturated rings. The summed E-state index contributed by atoms with van der Waals surface area (Å²) < 4.78 is 10.7. The Balaban J connectivity index is 1.71. The van der Waals surface area contributed by atoms with E-state index in [4.69, 9.17) is 9.47 Å². The minimum atomic E-state index is -0.633. The Morgan fingerprint density at radius 1 is 1.17 bits per heavy atom. The van der Waals surface area contributed by atoms with Crippen molar-refractivity contribution < 1.29 is 24.2 Å². The van der Waals surface area contributed by atoms with E-state index < -0.39 is 17.8 Å². The zero-order chi connectivity index (χ0) is 21.0. The number of amides is 2. The van der Waals surface area contributed by atoms with Gasteiger partial charge in [-0.3, -0.25) is 10.2 Å². The SMILES string of the molecule is CC(C)(C)OC(=O)N1CC(CO)c2ccc(NC(=O)OCc3ccccc3)cc21. The molecule has 0 saturated heterocycles. The summed E-state index contributed by atoms with van der Waals surface area (Å²) in [6.45, 7) is 5.79. The molecule has 0 aromatic heterocycles. The van der Waals surface area contributed by atoms with Gasteiger partial charge in [0.15, 0.2) is 0 Å². The molecule has 0 radical (unpaired) electrons. The van der Waals surface area contributed by atoms with Crippen LogP contribution >= 0.6 is 0 Å². The minimum Gasteiger partial charge on any atom is -0.444 e. The number of ether oxygens (including phenoxy) is 2. The van der Waals surface area contributed by atoms with E-state index in [2.05, 4.69) is 5.32 Å². The van der Waals surface area contributed by atoms with Crippen LogP contribution in [0.15, 0.2) is 48.5 Å². The molecule has 0 bridgehead atoms. The van der Waals surface area contributed by atoms with Gasteiger partial charge in [0.2, 0.25) is 0 Å². The first-order valence-corrected chi connectivity index (χ1v) is 9.50. The molecule has 2 aromatic carbocycles. The van der Waals surface area contributed by atoms with Crippen LogP contribution in [-0.2, 0) is 16.1 Å². The van der Waals surface area contributed by atoms with Crippen LogP contribution in [0.5, 0.6) is 0 Å². The van der Waals surface area contributed by atoms with E-state index in [0.29, 0.717) is 17.9 Å². The highest BCUT2D eigenvalue weighted by Crippen LogP contribution is 2.38. The number of carbonyl (C=O) groups is 2. The van der Waals surface area contributed by atoms with Crippen molar-refractivity contribution in [2.45, 2.75) is 38.9 Å². The van der Waals surface area contributed by atoms with Crippen LogP contribution in [-0.4, -0.2) is 36.0 Å². The van der Waals surface area contributed by atoms with Crippen LogP contribution in [0.2, 0.25) is 0 Å². The number of fused-ring (bicyclic) bond motifs is 1. The number of anilines is 2. The lowest BCUT2D eigenvalue weighted by atomic mass is 10.0. The lowest BCUT2D eigenvalue weighted by Crippen LogP contribution is -2.36.